The Morgan fingerprint density at radius 1 is 1.55 bits per heavy atom. The molecule has 0 N–H and O–H groups in total. The SMILES string of the molecule is O=C(Cn1cc([N+](=O)[O-])cn1)N(CC(F)(F)F)C1CC1. The number of hydrogen-bond acceptors (Lipinski definition) is 4. The van der Waals surface area contributed by atoms with Gasteiger partial charge in [0, 0.05) is 6.04 Å². The van der Waals surface area contributed by atoms with Gasteiger partial charge in [0.15, 0.2) is 0 Å². The number of aromatic nitrogens is 2. The second-order valence-corrected chi connectivity index (χ2v) is 4.52. The zero-order valence-electron chi connectivity index (χ0n) is 10.2. The molecular formula is C10H11F3N4O3. The summed E-state index contributed by atoms with van der Waals surface area (Å²) in [6.45, 7) is -1.75. The number of alkyl halides is 3. The first-order chi connectivity index (χ1) is 9.26. The summed E-state index contributed by atoms with van der Waals surface area (Å²) in [5, 5.41) is 14.0. The number of amides is 1. The lowest BCUT2D eigenvalue weighted by Gasteiger charge is -2.23. The lowest BCUT2D eigenvalue weighted by Crippen LogP contribution is -2.42. The van der Waals surface area contributed by atoms with Crippen molar-refractivity contribution in [1.29, 1.82) is 0 Å². The van der Waals surface area contributed by atoms with E-state index in [1.807, 2.05) is 0 Å². The van der Waals surface area contributed by atoms with Gasteiger partial charge in [0.2, 0.25) is 5.91 Å². The molecule has 0 atom stereocenters. The number of carbonyl (C=O) groups excluding carboxylic acids is 1. The van der Waals surface area contributed by atoms with E-state index in [2.05, 4.69) is 5.10 Å². The molecule has 1 aromatic heterocycles. The summed E-state index contributed by atoms with van der Waals surface area (Å²) < 4.78 is 38.2. The van der Waals surface area contributed by atoms with Gasteiger partial charge in [0.05, 0.1) is 4.92 Å². The number of rotatable bonds is 5. The number of halogens is 3. The average Bonchev–Trinajstić information content (AvgIpc) is 3.04. The van der Waals surface area contributed by atoms with Crippen molar-refractivity contribution in [3.8, 4) is 0 Å². The summed E-state index contributed by atoms with van der Waals surface area (Å²) in [7, 11) is 0. The highest BCUT2D eigenvalue weighted by Gasteiger charge is 2.40. The molecule has 0 aliphatic heterocycles. The van der Waals surface area contributed by atoms with Crippen molar-refractivity contribution in [3.05, 3.63) is 22.5 Å². The van der Waals surface area contributed by atoms with E-state index in [4.69, 9.17) is 0 Å². The van der Waals surface area contributed by atoms with Crippen LogP contribution in [-0.4, -0.2) is 44.3 Å². The summed E-state index contributed by atoms with van der Waals surface area (Å²) >= 11 is 0. The van der Waals surface area contributed by atoms with Crippen LogP contribution in [0.1, 0.15) is 12.8 Å². The standard InChI is InChI=1S/C10H11F3N4O3/c11-10(12,13)6-16(7-1-2-7)9(18)5-15-4-8(3-14-15)17(19)20/h3-4,7H,1-2,5-6H2. The Kier molecular flexibility index (Phi) is 3.64. The van der Waals surface area contributed by atoms with Crippen LogP contribution >= 0.6 is 0 Å². The quantitative estimate of drug-likeness (QED) is 0.606. The van der Waals surface area contributed by atoms with Gasteiger partial charge in [0.1, 0.15) is 25.5 Å². The summed E-state index contributed by atoms with van der Waals surface area (Å²) in [5.41, 5.74) is -0.313. The van der Waals surface area contributed by atoms with Gasteiger partial charge in [-0.15, -0.1) is 0 Å². The molecule has 1 aromatic rings. The maximum atomic E-state index is 12.4. The molecular weight excluding hydrogens is 281 g/mol. The van der Waals surface area contributed by atoms with Gasteiger partial charge < -0.3 is 4.90 Å². The predicted molar refractivity (Wildman–Crippen MR) is 59.7 cm³/mol. The lowest BCUT2D eigenvalue weighted by molar-refractivity contribution is -0.385. The van der Waals surface area contributed by atoms with E-state index in [9.17, 15) is 28.1 Å². The second-order valence-electron chi connectivity index (χ2n) is 4.52. The van der Waals surface area contributed by atoms with E-state index in [1.165, 1.54) is 0 Å². The second kappa shape index (κ2) is 5.10. The van der Waals surface area contributed by atoms with E-state index in [1.54, 1.807) is 0 Å². The first-order valence-corrected chi connectivity index (χ1v) is 5.79. The van der Waals surface area contributed by atoms with Crippen molar-refractivity contribution in [1.82, 2.24) is 14.7 Å². The summed E-state index contributed by atoms with van der Waals surface area (Å²) in [4.78, 5) is 22.4. The highest BCUT2D eigenvalue weighted by atomic mass is 19.4. The van der Waals surface area contributed by atoms with Gasteiger partial charge in [0.25, 0.3) is 0 Å². The van der Waals surface area contributed by atoms with Gasteiger partial charge in [-0.3, -0.25) is 19.6 Å². The Hall–Kier alpha value is -2.13. The molecule has 2 rings (SSSR count). The minimum Gasteiger partial charge on any atom is -0.329 e. The number of carbonyl (C=O) groups is 1. The van der Waals surface area contributed by atoms with Crippen molar-refractivity contribution < 1.29 is 22.9 Å². The van der Waals surface area contributed by atoms with Crippen molar-refractivity contribution in [3.63, 3.8) is 0 Å². The summed E-state index contributed by atoms with van der Waals surface area (Å²) in [5.74, 6) is -0.747. The molecule has 1 aliphatic rings. The third-order valence-corrected chi connectivity index (χ3v) is 2.79. The minimum absolute atomic E-state index is 0.313. The largest absolute Gasteiger partial charge is 0.406 e. The predicted octanol–water partition coefficient (Wildman–Crippen LogP) is 1.34. The first-order valence-electron chi connectivity index (χ1n) is 5.79. The van der Waals surface area contributed by atoms with E-state index >= 15 is 0 Å². The van der Waals surface area contributed by atoms with Crippen LogP contribution in [-0.2, 0) is 11.3 Å². The van der Waals surface area contributed by atoms with E-state index in [0.717, 1.165) is 22.0 Å². The highest BCUT2D eigenvalue weighted by Crippen LogP contribution is 2.30. The molecule has 0 bridgehead atoms. The topological polar surface area (TPSA) is 81.3 Å². The third kappa shape index (κ3) is 3.68. The average molecular weight is 292 g/mol. The first kappa shape index (κ1) is 14.3. The molecule has 1 heterocycles. The molecule has 10 heteroatoms. The summed E-state index contributed by atoms with van der Waals surface area (Å²) in [6, 6.07) is -0.394. The molecule has 1 saturated carbocycles. The van der Waals surface area contributed by atoms with Crippen LogP contribution in [0.15, 0.2) is 12.4 Å². The molecule has 0 unspecified atom stereocenters. The minimum atomic E-state index is -4.46. The molecule has 1 amide bonds. The zero-order chi connectivity index (χ0) is 14.9. The highest BCUT2D eigenvalue weighted by molar-refractivity contribution is 5.76. The van der Waals surface area contributed by atoms with Gasteiger partial charge >= 0.3 is 11.9 Å². The molecule has 7 nitrogen and oxygen atoms in total. The maximum Gasteiger partial charge on any atom is 0.406 e. The number of nitro groups is 1. The van der Waals surface area contributed by atoms with Crippen molar-refractivity contribution in [2.45, 2.75) is 31.6 Å². The molecule has 110 valence electrons. The molecule has 1 fully saturated rings. The maximum absolute atomic E-state index is 12.4. The van der Waals surface area contributed by atoms with E-state index in [0.29, 0.717) is 12.8 Å². The number of nitrogens with zero attached hydrogens (tertiary/aromatic N) is 4. The molecule has 0 saturated heterocycles. The smallest absolute Gasteiger partial charge is 0.329 e. The molecule has 20 heavy (non-hydrogen) atoms. The van der Waals surface area contributed by atoms with Crippen LogP contribution in [0.2, 0.25) is 0 Å². The van der Waals surface area contributed by atoms with Crippen molar-refractivity contribution >= 4 is 11.6 Å². The van der Waals surface area contributed by atoms with Crippen LogP contribution in [0.4, 0.5) is 18.9 Å². The fourth-order valence-electron chi connectivity index (χ4n) is 1.76. The Balaban J connectivity index is 2.02. The molecule has 1 aliphatic carbocycles. The fourth-order valence-corrected chi connectivity index (χ4v) is 1.76. The Labute approximate surface area is 111 Å². The van der Waals surface area contributed by atoms with Gasteiger partial charge in [-0.2, -0.15) is 18.3 Å². The normalized spacial score (nSPS) is 15.2. The van der Waals surface area contributed by atoms with Gasteiger partial charge in [-0.1, -0.05) is 0 Å². The van der Waals surface area contributed by atoms with Crippen LogP contribution < -0.4 is 0 Å². The van der Waals surface area contributed by atoms with Crippen LogP contribution in [0.25, 0.3) is 0 Å². The Morgan fingerprint density at radius 2 is 2.20 bits per heavy atom. The van der Waals surface area contributed by atoms with Gasteiger partial charge in [-0.05, 0) is 12.8 Å². The van der Waals surface area contributed by atoms with Crippen LogP contribution in [0, 0.1) is 10.1 Å². The molecule has 0 radical (unpaired) electrons. The molecule has 0 spiro atoms. The zero-order valence-corrected chi connectivity index (χ0v) is 10.2. The van der Waals surface area contributed by atoms with Crippen LogP contribution in [0.5, 0.6) is 0 Å². The van der Waals surface area contributed by atoms with E-state index in [-0.39, 0.29) is 5.69 Å². The van der Waals surface area contributed by atoms with Crippen LogP contribution in [0.3, 0.4) is 0 Å². The Bertz CT molecular complexity index is 524. The van der Waals surface area contributed by atoms with Crippen molar-refractivity contribution in [2.24, 2.45) is 0 Å². The van der Waals surface area contributed by atoms with Gasteiger partial charge in [-0.25, -0.2) is 0 Å². The van der Waals surface area contributed by atoms with Crippen molar-refractivity contribution in [2.75, 3.05) is 6.54 Å². The number of hydrogen-bond donors (Lipinski definition) is 0. The molecule has 0 aromatic carbocycles. The summed E-state index contributed by atoms with van der Waals surface area (Å²) in [6.07, 6.45) is -1.43. The fraction of sp³-hybridized carbons (Fsp3) is 0.600. The third-order valence-electron chi connectivity index (χ3n) is 2.79. The monoisotopic (exact) mass is 292 g/mol. The Morgan fingerprint density at radius 3 is 2.65 bits per heavy atom. The lowest BCUT2D eigenvalue weighted by atomic mass is 10.4. The van der Waals surface area contributed by atoms with E-state index < -0.39 is 36.1 Å².